The van der Waals surface area contributed by atoms with Gasteiger partial charge in [-0.05, 0) is 19.3 Å². The normalized spacial score (nSPS) is 28.7. The molecule has 2 aliphatic rings. The van der Waals surface area contributed by atoms with Crippen molar-refractivity contribution in [1.29, 1.82) is 0 Å². The number of carbonyl (C=O) groups is 1. The Balaban J connectivity index is 1.61. The average molecular weight is 252 g/mol. The Bertz CT molecular complexity index is 471. The van der Waals surface area contributed by atoms with E-state index in [1.54, 1.807) is 0 Å². The lowest BCUT2D eigenvalue weighted by molar-refractivity contribution is -0.142. The summed E-state index contributed by atoms with van der Waals surface area (Å²) >= 11 is 0. The first-order valence-electron chi connectivity index (χ1n) is 6.14. The Hall–Kier alpha value is -1.47. The van der Waals surface area contributed by atoms with E-state index in [2.05, 4.69) is 10.1 Å². The van der Waals surface area contributed by atoms with Gasteiger partial charge in [-0.15, -0.1) is 0 Å². The minimum Gasteiger partial charge on any atom is -0.480 e. The molecule has 0 radical (unpaired) electrons. The van der Waals surface area contributed by atoms with Crippen LogP contribution in [0.1, 0.15) is 36.9 Å². The van der Waals surface area contributed by atoms with Crippen molar-refractivity contribution < 1.29 is 14.4 Å². The van der Waals surface area contributed by atoms with Crippen LogP contribution < -0.4 is 5.73 Å². The SMILES string of the molecule is NC1(C(=O)O)CCN(Cc2noc(C3CC3)n2)C1. The first kappa shape index (κ1) is 11.6. The number of hydrogen-bond acceptors (Lipinski definition) is 6. The molecule has 0 spiro atoms. The quantitative estimate of drug-likeness (QED) is 0.772. The van der Waals surface area contributed by atoms with Gasteiger partial charge in [0.15, 0.2) is 5.82 Å². The van der Waals surface area contributed by atoms with Crippen LogP contribution in [0.4, 0.5) is 0 Å². The Morgan fingerprint density at radius 1 is 1.61 bits per heavy atom. The van der Waals surface area contributed by atoms with Crippen LogP contribution in [0.25, 0.3) is 0 Å². The molecule has 1 atom stereocenters. The molecule has 1 unspecified atom stereocenters. The fraction of sp³-hybridized carbons (Fsp3) is 0.727. The maximum Gasteiger partial charge on any atom is 0.325 e. The highest BCUT2D eigenvalue weighted by atomic mass is 16.5. The number of hydrogen-bond donors (Lipinski definition) is 2. The van der Waals surface area contributed by atoms with Crippen LogP contribution in [0.5, 0.6) is 0 Å². The van der Waals surface area contributed by atoms with Crippen LogP contribution in [0.3, 0.4) is 0 Å². The van der Waals surface area contributed by atoms with Crippen molar-refractivity contribution in [3.05, 3.63) is 11.7 Å². The summed E-state index contributed by atoms with van der Waals surface area (Å²) < 4.78 is 5.16. The molecule has 1 aliphatic carbocycles. The Labute approximate surface area is 104 Å². The molecule has 7 nitrogen and oxygen atoms in total. The third-order valence-electron chi connectivity index (χ3n) is 3.58. The molecular weight excluding hydrogens is 236 g/mol. The lowest BCUT2D eigenvalue weighted by Gasteiger charge is -2.18. The van der Waals surface area contributed by atoms with E-state index in [0.29, 0.717) is 43.7 Å². The summed E-state index contributed by atoms with van der Waals surface area (Å²) in [6, 6.07) is 0. The largest absolute Gasteiger partial charge is 0.480 e. The zero-order valence-corrected chi connectivity index (χ0v) is 10.0. The van der Waals surface area contributed by atoms with Gasteiger partial charge < -0.3 is 15.4 Å². The van der Waals surface area contributed by atoms with Gasteiger partial charge in [-0.3, -0.25) is 9.69 Å². The molecule has 3 rings (SSSR count). The van der Waals surface area contributed by atoms with Crippen LogP contribution in [0.15, 0.2) is 4.52 Å². The summed E-state index contributed by atoms with van der Waals surface area (Å²) in [5, 5.41) is 13.0. The van der Waals surface area contributed by atoms with Gasteiger partial charge >= 0.3 is 5.97 Å². The monoisotopic (exact) mass is 252 g/mol. The van der Waals surface area contributed by atoms with Crippen LogP contribution >= 0.6 is 0 Å². The number of rotatable bonds is 4. The Morgan fingerprint density at radius 3 is 3.00 bits per heavy atom. The van der Waals surface area contributed by atoms with Crippen LogP contribution in [-0.2, 0) is 11.3 Å². The second-order valence-corrected chi connectivity index (χ2v) is 5.25. The molecule has 1 aliphatic heterocycles. The molecule has 0 amide bonds. The highest BCUT2D eigenvalue weighted by Crippen LogP contribution is 2.38. The van der Waals surface area contributed by atoms with Gasteiger partial charge in [0, 0.05) is 19.0 Å². The maximum absolute atomic E-state index is 11.0. The van der Waals surface area contributed by atoms with Crippen molar-refractivity contribution in [2.24, 2.45) is 5.73 Å². The second kappa shape index (κ2) is 4.03. The summed E-state index contributed by atoms with van der Waals surface area (Å²) in [5.41, 5.74) is 4.67. The predicted octanol–water partition coefficient (Wildman–Crippen LogP) is -0.0652. The average Bonchev–Trinajstić information content (AvgIpc) is 2.96. The highest BCUT2D eigenvalue weighted by Gasteiger charge is 2.41. The molecule has 18 heavy (non-hydrogen) atoms. The summed E-state index contributed by atoms with van der Waals surface area (Å²) in [4.78, 5) is 17.3. The number of nitrogens with two attached hydrogens (primary N) is 1. The van der Waals surface area contributed by atoms with Gasteiger partial charge in [0.1, 0.15) is 5.54 Å². The summed E-state index contributed by atoms with van der Waals surface area (Å²) in [5.74, 6) is 0.821. The smallest absolute Gasteiger partial charge is 0.325 e. The Kier molecular flexibility index (Phi) is 2.60. The van der Waals surface area contributed by atoms with Gasteiger partial charge in [0.2, 0.25) is 5.89 Å². The van der Waals surface area contributed by atoms with E-state index in [-0.39, 0.29) is 0 Å². The molecular formula is C11H16N4O3. The zero-order chi connectivity index (χ0) is 12.8. The second-order valence-electron chi connectivity index (χ2n) is 5.25. The summed E-state index contributed by atoms with van der Waals surface area (Å²) in [6.45, 7) is 1.48. The molecule has 7 heteroatoms. The van der Waals surface area contributed by atoms with Crippen molar-refractivity contribution in [1.82, 2.24) is 15.0 Å². The molecule has 98 valence electrons. The molecule has 1 aromatic heterocycles. The molecule has 2 fully saturated rings. The van der Waals surface area contributed by atoms with Gasteiger partial charge in [-0.25, -0.2) is 0 Å². The molecule has 1 aromatic rings. The first-order valence-corrected chi connectivity index (χ1v) is 6.14. The fourth-order valence-electron chi connectivity index (χ4n) is 2.25. The lowest BCUT2D eigenvalue weighted by Crippen LogP contribution is -2.50. The minimum absolute atomic E-state index is 0.329. The van der Waals surface area contributed by atoms with E-state index < -0.39 is 11.5 Å². The standard InChI is InChI=1S/C11H16N4O3/c12-11(10(16)17)3-4-15(6-11)5-8-13-9(18-14-8)7-1-2-7/h7H,1-6,12H2,(H,16,17). The fourth-order valence-corrected chi connectivity index (χ4v) is 2.25. The van der Waals surface area contributed by atoms with E-state index in [1.165, 1.54) is 0 Å². The van der Waals surface area contributed by atoms with Crippen LogP contribution in [0, 0.1) is 0 Å². The third-order valence-corrected chi connectivity index (χ3v) is 3.58. The molecule has 2 heterocycles. The van der Waals surface area contributed by atoms with E-state index in [4.69, 9.17) is 15.4 Å². The van der Waals surface area contributed by atoms with Crippen LogP contribution in [0.2, 0.25) is 0 Å². The number of aliphatic carboxylic acids is 1. The molecule has 3 N–H and O–H groups in total. The number of aromatic nitrogens is 2. The number of carboxylic acids is 1. The Morgan fingerprint density at radius 2 is 2.39 bits per heavy atom. The van der Waals surface area contributed by atoms with Crippen molar-refractivity contribution in [3.8, 4) is 0 Å². The van der Waals surface area contributed by atoms with Crippen molar-refractivity contribution in [2.45, 2.75) is 37.3 Å². The minimum atomic E-state index is -1.14. The molecule has 0 bridgehead atoms. The number of carboxylic acid groups (broad SMARTS) is 1. The summed E-state index contributed by atoms with van der Waals surface area (Å²) in [7, 11) is 0. The van der Waals surface area contributed by atoms with Crippen molar-refractivity contribution in [3.63, 3.8) is 0 Å². The number of nitrogens with zero attached hydrogens (tertiary/aromatic N) is 3. The molecule has 1 saturated carbocycles. The van der Waals surface area contributed by atoms with Gasteiger partial charge in [0.05, 0.1) is 6.54 Å². The van der Waals surface area contributed by atoms with Gasteiger partial charge in [-0.2, -0.15) is 4.98 Å². The summed E-state index contributed by atoms with van der Waals surface area (Å²) in [6.07, 6.45) is 2.70. The maximum atomic E-state index is 11.0. The lowest BCUT2D eigenvalue weighted by atomic mass is 10.0. The van der Waals surface area contributed by atoms with E-state index in [1.807, 2.05) is 4.90 Å². The molecule has 1 saturated heterocycles. The van der Waals surface area contributed by atoms with Crippen molar-refractivity contribution >= 4 is 5.97 Å². The third kappa shape index (κ3) is 2.11. The van der Waals surface area contributed by atoms with E-state index >= 15 is 0 Å². The zero-order valence-electron chi connectivity index (χ0n) is 10.0. The van der Waals surface area contributed by atoms with Gasteiger partial charge in [-0.1, -0.05) is 5.16 Å². The predicted molar refractivity (Wildman–Crippen MR) is 60.7 cm³/mol. The van der Waals surface area contributed by atoms with E-state index in [0.717, 1.165) is 12.8 Å². The first-order chi connectivity index (χ1) is 8.57. The highest BCUT2D eigenvalue weighted by molar-refractivity contribution is 5.79. The van der Waals surface area contributed by atoms with Crippen LogP contribution in [-0.4, -0.2) is 44.7 Å². The van der Waals surface area contributed by atoms with Gasteiger partial charge in [0.25, 0.3) is 0 Å². The van der Waals surface area contributed by atoms with E-state index in [9.17, 15) is 4.79 Å². The van der Waals surface area contributed by atoms with Crippen molar-refractivity contribution in [2.75, 3.05) is 13.1 Å². The number of likely N-dealkylation sites (tertiary alicyclic amines) is 1. The topological polar surface area (TPSA) is 105 Å². The molecule has 0 aromatic carbocycles.